The molecule has 0 aliphatic rings. The van der Waals surface area contributed by atoms with E-state index in [1.165, 1.54) is 0 Å². The molecule has 0 radical (unpaired) electrons. The molecule has 0 aromatic rings. The summed E-state index contributed by atoms with van der Waals surface area (Å²) >= 11 is 0. The number of rotatable bonds is 6. The second kappa shape index (κ2) is 5.83. The maximum absolute atomic E-state index is 9.35. The SMILES string of the molecule is CC(C)NC(C)(CO)CCOC(C)(C)C. The number of hydrogen-bond acceptors (Lipinski definition) is 3. The third-order valence-corrected chi connectivity index (χ3v) is 2.18. The summed E-state index contributed by atoms with van der Waals surface area (Å²) in [6.45, 7) is 13.1. The van der Waals surface area contributed by atoms with Gasteiger partial charge in [-0.15, -0.1) is 0 Å². The van der Waals surface area contributed by atoms with E-state index >= 15 is 0 Å². The minimum absolute atomic E-state index is 0.103. The molecule has 3 nitrogen and oxygen atoms in total. The van der Waals surface area contributed by atoms with Gasteiger partial charge in [0, 0.05) is 18.2 Å². The van der Waals surface area contributed by atoms with Crippen LogP contribution in [0.5, 0.6) is 0 Å². The fourth-order valence-corrected chi connectivity index (χ4v) is 1.48. The highest BCUT2D eigenvalue weighted by Gasteiger charge is 2.24. The van der Waals surface area contributed by atoms with E-state index < -0.39 is 0 Å². The van der Waals surface area contributed by atoms with Crippen LogP contribution in [0.2, 0.25) is 0 Å². The van der Waals surface area contributed by atoms with Crippen LogP contribution in [-0.2, 0) is 4.74 Å². The Kier molecular flexibility index (Phi) is 5.78. The molecule has 2 N–H and O–H groups in total. The van der Waals surface area contributed by atoms with Gasteiger partial charge in [-0.2, -0.15) is 0 Å². The molecule has 0 amide bonds. The van der Waals surface area contributed by atoms with Gasteiger partial charge in [0.15, 0.2) is 0 Å². The molecule has 0 aromatic heterocycles. The highest BCUT2D eigenvalue weighted by Crippen LogP contribution is 2.14. The minimum Gasteiger partial charge on any atom is -0.394 e. The zero-order valence-electron chi connectivity index (χ0n) is 11.1. The average Bonchev–Trinajstić information content (AvgIpc) is 2.00. The molecule has 0 aliphatic heterocycles. The predicted molar refractivity (Wildman–Crippen MR) is 64.1 cm³/mol. The standard InChI is InChI=1S/C12H27NO2/c1-10(2)13-12(6,9-14)7-8-15-11(3,4)5/h10,13-14H,7-9H2,1-6H3. The van der Waals surface area contributed by atoms with Crippen LogP contribution in [0.3, 0.4) is 0 Å². The minimum atomic E-state index is -0.237. The van der Waals surface area contributed by atoms with Crippen molar-refractivity contribution in [1.29, 1.82) is 0 Å². The van der Waals surface area contributed by atoms with Crippen molar-refractivity contribution in [3.8, 4) is 0 Å². The maximum atomic E-state index is 9.35. The van der Waals surface area contributed by atoms with Gasteiger partial charge in [0.25, 0.3) is 0 Å². The van der Waals surface area contributed by atoms with Crippen LogP contribution in [-0.4, -0.2) is 35.5 Å². The van der Waals surface area contributed by atoms with Gasteiger partial charge in [-0.1, -0.05) is 13.8 Å². The third-order valence-electron chi connectivity index (χ3n) is 2.18. The Bertz CT molecular complexity index is 175. The Morgan fingerprint density at radius 1 is 1.20 bits per heavy atom. The molecular weight excluding hydrogens is 190 g/mol. The summed E-state index contributed by atoms with van der Waals surface area (Å²) in [6.07, 6.45) is 0.818. The zero-order chi connectivity index (χ0) is 12.1. The van der Waals surface area contributed by atoms with E-state index in [2.05, 4.69) is 19.2 Å². The molecule has 1 unspecified atom stereocenters. The first-order chi connectivity index (χ1) is 6.68. The molecule has 1 atom stereocenters. The van der Waals surface area contributed by atoms with Gasteiger partial charge >= 0.3 is 0 Å². The lowest BCUT2D eigenvalue weighted by Gasteiger charge is -2.32. The molecule has 0 spiro atoms. The summed E-state index contributed by atoms with van der Waals surface area (Å²) in [5, 5.41) is 12.7. The Hall–Kier alpha value is -0.120. The van der Waals surface area contributed by atoms with Crippen LogP contribution in [0.4, 0.5) is 0 Å². The molecule has 15 heavy (non-hydrogen) atoms. The van der Waals surface area contributed by atoms with Gasteiger partial charge in [-0.05, 0) is 34.1 Å². The summed E-state index contributed by atoms with van der Waals surface area (Å²) in [5.74, 6) is 0. The van der Waals surface area contributed by atoms with Crippen molar-refractivity contribution >= 4 is 0 Å². The van der Waals surface area contributed by atoms with E-state index in [-0.39, 0.29) is 17.7 Å². The molecule has 0 rings (SSSR count). The number of aliphatic hydroxyl groups is 1. The quantitative estimate of drug-likeness (QED) is 0.714. The van der Waals surface area contributed by atoms with Gasteiger partial charge in [0.1, 0.15) is 0 Å². The summed E-state index contributed by atoms with van der Waals surface area (Å²) in [4.78, 5) is 0. The van der Waals surface area contributed by atoms with Crippen molar-refractivity contribution in [3.63, 3.8) is 0 Å². The van der Waals surface area contributed by atoms with Crippen LogP contribution >= 0.6 is 0 Å². The first-order valence-electron chi connectivity index (χ1n) is 5.71. The smallest absolute Gasteiger partial charge is 0.0611 e. The number of ether oxygens (including phenoxy) is 1. The lowest BCUT2D eigenvalue weighted by Crippen LogP contribution is -2.50. The van der Waals surface area contributed by atoms with E-state index in [0.29, 0.717) is 12.6 Å². The third kappa shape index (κ3) is 7.77. The van der Waals surface area contributed by atoms with Gasteiger partial charge in [-0.3, -0.25) is 0 Å². The fourth-order valence-electron chi connectivity index (χ4n) is 1.48. The van der Waals surface area contributed by atoms with E-state index in [1.54, 1.807) is 0 Å². The van der Waals surface area contributed by atoms with E-state index in [9.17, 15) is 5.11 Å². The normalized spacial score (nSPS) is 16.8. The maximum Gasteiger partial charge on any atom is 0.0611 e. The second-order valence-corrected chi connectivity index (χ2v) is 5.73. The molecular formula is C12H27NO2. The lowest BCUT2D eigenvalue weighted by molar-refractivity contribution is -0.0176. The van der Waals surface area contributed by atoms with E-state index in [0.717, 1.165) is 6.42 Å². The highest BCUT2D eigenvalue weighted by atomic mass is 16.5. The second-order valence-electron chi connectivity index (χ2n) is 5.73. The highest BCUT2D eigenvalue weighted by molar-refractivity contribution is 4.83. The predicted octanol–water partition coefficient (Wildman–Crippen LogP) is 1.94. The molecule has 0 fully saturated rings. The summed E-state index contributed by atoms with van der Waals surface area (Å²) in [5.41, 5.74) is -0.340. The Morgan fingerprint density at radius 2 is 1.73 bits per heavy atom. The largest absolute Gasteiger partial charge is 0.394 e. The Morgan fingerprint density at radius 3 is 2.07 bits per heavy atom. The van der Waals surface area contributed by atoms with Gasteiger partial charge < -0.3 is 15.2 Å². The molecule has 0 saturated heterocycles. The van der Waals surface area contributed by atoms with Crippen molar-refractivity contribution in [2.24, 2.45) is 0 Å². The van der Waals surface area contributed by atoms with Crippen molar-refractivity contribution in [2.75, 3.05) is 13.2 Å². The van der Waals surface area contributed by atoms with Crippen molar-refractivity contribution in [2.45, 2.75) is 65.1 Å². The van der Waals surface area contributed by atoms with Crippen molar-refractivity contribution in [3.05, 3.63) is 0 Å². The number of aliphatic hydroxyl groups excluding tert-OH is 1. The van der Waals surface area contributed by atoms with Gasteiger partial charge in [0.05, 0.1) is 12.2 Å². The molecule has 0 aromatic carbocycles. The molecule has 0 bridgehead atoms. The van der Waals surface area contributed by atoms with E-state index in [4.69, 9.17) is 4.74 Å². The lowest BCUT2D eigenvalue weighted by atomic mass is 9.98. The first kappa shape index (κ1) is 14.9. The summed E-state index contributed by atoms with van der Waals surface area (Å²) < 4.78 is 5.66. The van der Waals surface area contributed by atoms with Crippen LogP contribution < -0.4 is 5.32 Å². The fraction of sp³-hybridized carbons (Fsp3) is 1.00. The van der Waals surface area contributed by atoms with Gasteiger partial charge in [-0.25, -0.2) is 0 Å². The summed E-state index contributed by atoms with van der Waals surface area (Å²) in [6, 6.07) is 0.372. The summed E-state index contributed by atoms with van der Waals surface area (Å²) in [7, 11) is 0. The van der Waals surface area contributed by atoms with Crippen molar-refractivity contribution < 1.29 is 9.84 Å². The van der Waals surface area contributed by atoms with E-state index in [1.807, 2.05) is 27.7 Å². The topological polar surface area (TPSA) is 41.5 Å². The molecule has 0 heterocycles. The van der Waals surface area contributed by atoms with Crippen molar-refractivity contribution in [1.82, 2.24) is 5.32 Å². The number of nitrogens with one attached hydrogen (secondary N) is 1. The average molecular weight is 217 g/mol. The van der Waals surface area contributed by atoms with Crippen LogP contribution in [0.15, 0.2) is 0 Å². The van der Waals surface area contributed by atoms with Crippen LogP contribution in [0.25, 0.3) is 0 Å². The Balaban J connectivity index is 3.99. The zero-order valence-corrected chi connectivity index (χ0v) is 11.1. The number of hydrogen-bond donors (Lipinski definition) is 2. The first-order valence-corrected chi connectivity index (χ1v) is 5.71. The van der Waals surface area contributed by atoms with Crippen LogP contribution in [0.1, 0.15) is 48.0 Å². The molecule has 3 heteroatoms. The van der Waals surface area contributed by atoms with Gasteiger partial charge in [0.2, 0.25) is 0 Å². The molecule has 0 aliphatic carbocycles. The Labute approximate surface area is 94.2 Å². The monoisotopic (exact) mass is 217 g/mol. The van der Waals surface area contributed by atoms with Crippen LogP contribution in [0, 0.1) is 0 Å². The molecule has 92 valence electrons. The molecule has 0 saturated carbocycles.